The molecule has 1 rings (SSSR count). The Labute approximate surface area is 188 Å². The molecule has 1 aliphatic rings. The van der Waals surface area contributed by atoms with E-state index in [-0.39, 0.29) is 6.10 Å². The summed E-state index contributed by atoms with van der Waals surface area (Å²) >= 11 is 0. The van der Waals surface area contributed by atoms with E-state index >= 15 is 0 Å². The Hall–Kier alpha value is -2.58. The van der Waals surface area contributed by atoms with Crippen molar-refractivity contribution in [3.8, 4) is 0 Å². The van der Waals surface area contributed by atoms with Crippen molar-refractivity contribution in [3.05, 3.63) is 71.5 Å². The van der Waals surface area contributed by atoms with E-state index in [1.54, 1.807) is 43.7 Å². The monoisotopic (exact) mass is 454 g/mol. The van der Waals surface area contributed by atoms with Crippen LogP contribution in [0.2, 0.25) is 0 Å². The number of aliphatic hydroxyl groups is 1. The van der Waals surface area contributed by atoms with Gasteiger partial charge in [0.2, 0.25) is 0 Å². The van der Waals surface area contributed by atoms with Crippen molar-refractivity contribution < 1.29 is 27.8 Å². The minimum absolute atomic E-state index is 0.246. The molecule has 32 heavy (non-hydrogen) atoms. The standard InChI is InChI=1S/C24H33F3N2O3/c1-7-13-28-22-12-11-20(10-9-17(22)3)29(16-23(30)24(25,26)27)19(8-2)15-21(32-6)14-18(4)31-5/h7,9,11-15,18,23,30H,1,8,10,16H2,2-6H3/b19-15+,21-14+,28-13?. The SMILES string of the molecule is C=CC=NC1=CC=C(N(CC(O)C(F)(F)F)/C(=C/C(=C\C(C)OC)OC)CC)CC=C1C. The van der Waals surface area contributed by atoms with Crippen molar-refractivity contribution >= 4 is 6.21 Å². The summed E-state index contributed by atoms with van der Waals surface area (Å²) in [7, 11) is 3.03. The first-order chi connectivity index (χ1) is 15.1. The number of aliphatic imine (C=N–C) groups is 1. The zero-order chi connectivity index (χ0) is 24.3. The lowest BCUT2D eigenvalue weighted by Gasteiger charge is -2.32. The van der Waals surface area contributed by atoms with Crippen molar-refractivity contribution in [3.63, 3.8) is 0 Å². The minimum Gasteiger partial charge on any atom is -0.497 e. The van der Waals surface area contributed by atoms with E-state index in [4.69, 9.17) is 9.47 Å². The summed E-state index contributed by atoms with van der Waals surface area (Å²) in [6.45, 7) is 8.50. The van der Waals surface area contributed by atoms with Gasteiger partial charge in [-0.1, -0.05) is 25.7 Å². The van der Waals surface area contributed by atoms with E-state index in [1.165, 1.54) is 12.0 Å². The van der Waals surface area contributed by atoms with E-state index < -0.39 is 18.8 Å². The van der Waals surface area contributed by atoms with Crippen LogP contribution in [-0.2, 0) is 9.47 Å². The summed E-state index contributed by atoms with van der Waals surface area (Å²) in [6, 6.07) is 0. The second-order valence-electron chi connectivity index (χ2n) is 7.19. The first-order valence-corrected chi connectivity index (χ1v) is 10.3. The highest BCUT2D eigenvalue weighted by Crippen LogP contribution is 2.29. The molecule has 0 fully saturated rings. The number of ether oxygens (including phenoxy) is 2. The van der Waals surface area contributed by atoms with Gasteiger partial charge in [-0.25, -0.2) is 0 Å². The average Bonchev–Trinajstić information content (AvgIpc) is 2.93. The van der Waals surface area contributed by atoms with E-state index in [1.807, 2.05) is 26.8 Å². The molecule has 0 aromatic carbocycles. The summed E-state index contributed by atoms with van der Waals surface area (Å²) in [4.78, 5) is 5.79. The van der Waals surface area contributed by atoms with E-state index in [0.717, 1.165) is 5.57 Å². The summed E-state index contributed by atoms with van der Waals surface area (Å²) in [5, 5.41) is 9.84. The van der Waals surface area contributed by atoms with E-state index in [2.05, 4.69) is 11.6 Å². The zero-order valence-corrected chi connectivity index (χ0v) is 19.3. The smallest absolute Gasteiger partial charge is 0.416 e. The molecule has 0 aromatic heterocycles. The molecular formula is C24H33F3N2O3. The Morgan fingerprint density at radius 2 is 2.03 bits per heavy atom. The molecule has 0 bridgehead atoms. The topological polar surface area (TPSA) is 54.3 Å². The molecule has 0 spiro atoms. The number of halogens is 3. The van der Waals surface area contributed by atoms with Crippen LogP contribution < -0.4 is 0 Å². The van der Waals surface area contributed by atoms with Gasteiger partial charge in [-0.15, -0.1) is 0 Å². The second kappa shape index (κ2) is 13.1. The first kappa shape index (κ1) is 27.5. The highest BCUT2D eigenvalue weighted by atomic mass is 19.4. The highest BCUT2D eigenvalue weighted by molar-refractivity contribution is 5.72. The van der Waals surface area contributed by atoms with Gasteiger partial charge in [0.25, 0.3) is 0 Å². The molecule has 0 radical (unpaired) electrons. The summed E-state index contributed by atoms with van der Waals surface area (Å²) < 4.78 is 50.3. The Morgan fingerprint density at radius 1 is 1.34 bits per heavy atom. The molecule has 0 heterocycles. The van der Waals surface area contributed by atoms with Crippen LogP contribution in [-0.4, -0.2) is 55.4 Å². The van der Waals surface area contributed by atoms with Crippen LogP contribution in [0.15, 0.2) is 76.5 Å². The number of hydrogen-bond acceptors (Lipinski definition) is 5. The molecule has 0 aromatic rings. The lowest BCUT2D eigenvalue weighted by atomic mass is 10.1. The van der Waals surface area contributed by atoms with Gasteiger partial charge in [0.15, 0.2) is 6.10 Å². The predicted molar refractivity (Wildman–Crippen MR) is 122 cm³/mol. The second-order valence-corrected chi connectivity index (χ2v) is 7.19. The average molecular weight is 455 g/mol. The van der Waals surface area contributed by atoms with Crippen LogP contribution in [0.1, 0.15) is 33.6 Å². The Kier molecular flexibility index (Phi) is 11.2. The maximum atomic E-state index is 13.2. The first-order valence-electron chi connectivity index (χ1n) is 10.3. The van der Waals surface area contributed by atoms with Crippen molar-refractivity contribution in [2.75, 3.05) is 20.8 Å². The molecule has 2 atom stereocenters. The Bertz CT molecular complexity index is 821. The number of rotatable bonds is 11. The van der Waals surface area contributed by atoms with Crippen LogP contribution >= 0.6 is 0 Å². The molecule has 1 aliphatic carbocycles. The van der Waals surface area contributed by atoms with Crippen molar-refractivity contribution in [2.45, 2.75) is 52.0 Å². The van der Waals surface area contributed by atoms with Gasteiger partial charge in [0, 0.05) is 31.1 Å². The molecular weight excluding hydrogens is 421 g/mol. The lowest BCUT2D eigenvalue weighted by Crippen LogP contribution is -2.40. The third-order valence-corrected chi connectivity index (χ3v) is 4.88. The van der Waals surface area contributed by atoms with Gasteiger partial charge in [-0.3, -0.25) is 4.99 Å². The number of aliphatic hydroxyl groups excluding tert-OH is 1. The van der Waals surface area contributed by atoms with Crippen molar-refractivity contribution in [2.24, 2.45) is 4.99 Å². The summed E-state index contributed by atoms with van der Waals surface area (Å²) in [5.41, 5.74) is 2.73. The van der Waals surface area contributed by atoms with E-state index in [9.17, 15) is 18.3 Å². The maximum absolute atomic E-state index is 13.2. The zero-order valence-electron chi connectivity index (χ0n) is 19.3. The van der Waals surface area contributed by atoms with Crippen LogP contribution in [0.25, 0.3) is 0 Å². The minimum atomic E-state index is -4.74. The molecule has 0 amide bonds. The third kappa shape index (κ3) is 8.51. The molecule has 1 N–H and O–H groups in total. The fourth-order valence-corrected chi connectivity index (χ4v) is 2.92. The summed E-state index contributed by atoms with van der Waals surface area (Å²) in [6.07, 6.45) is 5.14. The van der Waals surface area contributed by atoms with Gasteiger partial charge in [0.1, 0.15) is 5.76 Å². The molecule has 8 heteroatoms. The van der Waals surface area contributed by atoms with Gasteiger partial charge in [0.05, 0.1) is 25.5 Å². The molecule has 2 unspecified atom stereocenters. The van der Waals surface area contributed by atoms with Crippen molar-refractivity contribution in [1.29, 1.82) is 0 Å². The Morgan fingerprint density at radius 3 is 2.56 bits per heavy atom. The molecule has 178 valence electrons. The number of allylic oxidation sites excluding steroid dienone is 7. The summed E-state index contributed by atoms with van der Waals surface area (Å²) in [5.74, 6) is 0.454. The predicted octanol–water partition coefficient (Wildman–Crippen LogP) is 5.45. The van der Waals surface area contributed by atoms with E-state index in [0.29, 0.717) is 35.7 Å². The molecule has 0 saturated heterocycles. The Balaban J connectivity index is 3.50. The molecule has 5 nitrogen and oxygen atoms in total. The van der Waals surface area contributed by atoms with Gasteiger partial charge in [-0.05, 0) is 50.1 Å². The van der Waals surface area contributed by atoms with Crippen LogP contribution in [0.3, 0.4) is 0 Å². The number of hydrogen-bond donors (Lipinski definition) is 1. The number of nitrogens with zero attached hydrogens (tertiary/aromatic N) is 2. The van der Waals surface area contributed by atoms with Crippen LogP contribution in [0, 0.1) is 0 Å². The molecule has 0 aliphatic heterocycles. The molecule has 0 saturated carbocycles. The number of methoxy groups -OCH3 is 2. The third-order valence-electron chi connectivity index (χ3n) is 4.88. The van der Waals surface area contributed by atoms with Gasteiger partial charge < -0.3 is 19.5 Å². The van der Waals surface area contributed by atoms with Gasteiger partial charge >= 0.3 is 6.18 Å². The maximum Gasteiger partial charge on any atom is 0.416 e. The quantitative estimate of drug-likeness (QED) is 0.256. The highest BCUT2D eigenvalue weighted by Gasteiger charge is 2.40. The van der Waals surface area contributed by atoms with Crippen LogP contribution in [0.4, 0.5) is 13.2 Å². The number of alkyl halides is 3. The van der Waals surface area contributed by atoms with Crippen molar-refractivity contribution in [1.82, 2.24) is 4.90 Å². The fourth-order valence-electron chi connectivity index (χ4n) is 2.92. The fraction of sp³-hybridized carbons (Fsp3) is 0.458. The normalized spacial score (nSPS) is 17.8. The lowest BCUT2D eigenvalue weighted by molar-refractivity contribution is -0.206. The van der Waals surface area contributed by atoms with Crippen LogP contribution in [0.5, 0.6) is 0 Å². The van der Waals surface area contributed by atoms with Gasteiger partial charge in [-0.2, -0.15) is 13.2 Å². The largest absolute Gasteiger partial charge is 0.497 e.